The second kappa shape index (κ2) is 12.9. The smallest absolute Gasteiger partial charge is 0.306 e. The third-order valence-corrected chi connectivity index (χ3v) is 3.70. The molecule has 2 atom stereocenters. The minimum Gasteiger partial charge on any atom is -0.455 e. The summed E-state index contributed by atoms with van der Waals surface area (Å²) in [6.07, 6.45) is 21.9. The number of aliphatic hydroxyl groups is 1. The van der Waals surface area contributed by atoms with E-state index in [1.54, 1.807) is 6.08 Å². The Bertz CT molecular complexity index is 432. The molecule has 0 aromatic heterocycles. The first kappa shape index (κ1) is 19.4. The van der Waals surface area contributed by atoms with Gasteiger partial charge in [-0.25, -0.2) is 0 Å². The van der Waals surface area contributed by atoms with Crippen molar-refractivity contribution in [2.45, 2.75) is 70.5 Å². The van der Waals surface area contributed by atoms with Crippen LogP contribution in [0.1, 0.15) is 58.3 Å². The lowest BCUT2D eigenvalue weighted by atomic mass is 10.1. The van der Waals surface area contributed by atoms with Gasteiger partial charge < -0.3 is 9.84 Å². The third kappa shape index (κ3) is 9.90. The van der Waals surface area contributed by atoms with Crippen LogP contribution in [0.4, 0.5) is 0 Å². The van der Waals surface area contributed by atoms with Crippen LogP contribution in [-0.2, 0) is 9.53 Å². The number of unbranched alkanes of at least 4 members (excludes halogenated alkanes) is 4. The van der Waals surface area contributed by atoms with Gasteiger partial charge in [0.2, 0.25) is 0 Å². The molecule has 1 N–H and O–H groups in total. The first-order valence-corrected chi connectivity index (χ1v) is 8.76. The third-order valence-electron chi connectivity index (χ3n) is 3.70. The number of aliphatic hydroxyl groups excluding tert-OH is 1. The number of carbonyl (C=O) groups is 1. The number of rotatable bonds is 8. The van der Waals surface area contributed by atoms with Gasteiger partial charge in [0.15, 0.2) is 0 Å². The first-order valence-electron chi connectivity index (χ1n) is 8.76. The van der Waals surface area contributed by atoms with Crippen molar-refractivity contribution in [1.29, 1.82) is 0 Å². The van der Waals surface area contributed by atoms with Crippen molar-refractivity contribution in [3.05, 3.63) is 48.6 Å². The molecule has 0 fully saturated rings. The predicted octanol–water partition coefficient (Wildman–Crippen LogP) is 4.64. The quantitative estimate of drug-likeness (QED) is 0.307. The number of hydrogen-bond donors (Lipinski definition) is 1. The Balaban J connectivity index is 2.35. The summed E-state index contributed by atoms with van der Waals surface area (Å²) in [5, 5.41) is 10.0. The van der Waals surface area contributed by atoms with E-state index in [1.165, 1.54) is 25.7 Å². The predicted molar refractivity (Wildman–Crippen MR) is 95.1 cm³/mol. The summed E-state index contributed by atoms with van der Waals surface area (Å²) in [6, 6.07) is 0. The van der Waals surface area contributed by atoms with E-state index in [-0.39, 0.29) is 5.97 Å². The number of carbonyl (C=O) groups excluding carboxylic acids is 1. The molecular weight excluding hydrogens is 288 g/mol. The SMILES string of the molecule is CCCCCCC=CC=CC=CC1OC(=O)CCC=CCC1O. The van der Waals surface area contributed by atoms with Crippen LogP contribution in [0.3, 0.4) is 0 Å². The molecule has 3 nitrogen and oxygen atoms in total. The molecule has 23 heavy (non-hydrogen) atoms. The van der Waals surface area contributed by atoms with Gasteiger partial charge in [-0.1, -0.05) is 68.7 Å². The van der Waals surface area contributed by atoms with Gasteiger partial charge in [-0.15, -0.1) is 0 Å². The Kier molecular flexibility index (Phi) is 10.9. The van der Waals surface area contributed by atoms with Gasteiger partial charge in [-0.3, -0.25) is 4.79 Å². The summed E-state index contributed by atoms with van der Waals surface area (Å²) < 4.78 is 5.30. The van der Waals surface area contributed by atoms with Crippen molar-refractivity contribution in [2.75, 3.05) is 0 Å². The molecule has 0 radical (unpaired) electrons. The van der Waals surface area contributed by atoms with Crippen LogP contribution < -0.4 is 0 Å². The Hall–Kier alpha value is -1.61. The molecule has 1 aliphatic rings. The van der Waals surface area contributed by atoms with Gasteiger partial charge in [0.25, 0.3) is 0 Å². The fourth-order valence-corrected chi connectivity index (χ4v) is 2.31. The largest absolute Gasteiger partial charge is 0.455 e. The highest BCUT2D eigenvalue weighted by Crippen LogP contribution is 2.12. The molecule has 0 bridgehead atoms. The molecule has 0 aromatic carbocycles. The Morgan fingerprint density at radius 3 is 2.83 bits per heavy atom. The van der Waals surface area contributed by atoms with Crippen LogP contribution in [-0.4, -0.2) is 23.3 Å². The van der Waals surface area contributed by atoms with E-state index in [4.69, 9.17) is 4.74 Å². The zero-order valence-corrected chi connectivity index (χ0v) is 14.2. The summed E-state index contributed by atoms with van der Waals surface area (Å²) in [5.74, 6) is -0.263. The standard InChI is InChI=1S/C20H30O3/c1-2-3-4-5-6-7-8-9-10-13-16-19-18(21)15-12-11-14-17-20(22)23-19/h7-13,16,18-19,21H,2-6,14-15,17H2,1H3. The number of cyclic esters (lactones) is 1. The highest BCUT2D eigenvalue weighted by atomic mass is 16.6. The van der Waals surface area contributed by atoms with E-state index in [0.29, 0.717) is 19.3 Å². The Morgan fingerprint density at radius 2 is 2.00 bits per heavy atom. The molecule has 1 rings (SSSR count). The summed E-state index contributed by atoms with van der Waals surface area (Å²) in [6.45, 7) is 2.22. The molecule has 0 spiro atoms. The van der Waals surface area contributed by atoms with E-state index >= 15 is 0 Å². The summed E-state index contributed by atoms with van der Waals surface area (Å²) >= 11 is 0. The van der Waals surface area contributed by atoms with E-state index < -0.39 is 12.2 Å². The van der Waals surface area contributed by atoms with Gasteiger partial charge in [0.1, 0.15) is 6.10 Å². The zero-order valence-electron chi connectivity index (χ0n) is 14.2. The van der Waals surface area contributed by atoms with Crippen LogP contribution in [0.25, 0.3) is 0 Å². The van der Waals surface area contributed by atoms with Crippen molar-refractivity contribution in [2.24, 2.45) is 0 Å². The lowest BCUT2D eigenvalue weighted by Gasteiger charge is -2.18. The number of ether oxygens (including phenoxy) is 1. The van der Waals surface area contributed by atoms with Crippen molar-refractivity contribution >= 4 is 5.97 Å². The fraction of sp³-hybridized carbons (Fsp3) is 0.550. The van der Waals surface area contributed by atoms with Gasteiger partial charge in [-0.2, -0.15) is 0 Å². The minimum atomic E-state index is -0.688. The lowest BCUT2D eigenvalue weighted by Crippen LogP contribution is -2.28. The topological polar surface area (TPSA) is 46.5 Å². The number of hydrogen-bond acceptors (Lipinski definition) is 3. The number of allylic oxidation sites excluding steroid dienone is 6. The van der Waals surface area contributed by atoms with Crippen molar-refractivity contribution in [3.63, 3.8) is 0 Å². The molecule has 0 saturated heterocycles. The molecule has 1 aliphatic heterocycles. The maximum absolute atomic E-state index is 11.6. The molecule has 3 heteroatoms. The fourth-order valence-electron chi connectivity index (χ4n) is 2.31. The van der Waals surface area contributed by atoms with E-state index in [0.717, 1.165) is 6.42 Å². The van der Waals surface area contributed by atoms with Crippen LogP contribution in [0.15, 0.2) is 48.6 Å². The van der Waals surface area contributed by atoms with E-state index in [9.17, 15) is 9.90 Å². The lowest BCUT2D eigenvalue weighted by molar-refractivity contribution is -0.151. The second-order valence-corrected chi connectivity index (χ2v) is 5.81. The van der Waals surface area contributed by atoms with Gasteiger partial charge in [-0.05, 0) is 31.8 Å². The van der Waals surface area contributed by atoms with Crippen LogP contribution in [0.5, 0.6) is 0 Å². The zero-order chi connectivity index (χ0) is 16.8. The Labute approximate surface area is 140 Å². The molecule has 0 amide bonds. The van der Waals surface area contributed by atoms with Crippen LogP contribution in [0, 0.1) is 0 Å². The van der Waals surface area contributed by atoms with Crippen molar-refractivity contribution in [1.82, 2.24) is 0 Å². The highest BCUT2D eigenvalue weighted by molar-refractivity contribution is 5.70. The van der Waals surface area contributed by atoms with Crippen LogP contribution in [0.2, 0.25) is 0 Å². The van der Waals surface area contributed by atoms with Gasteiger partial charge >= 0.3 is 5.97 Å². The molecule has 128 valence electrons. The average molecular weight is 318 g/mol. The summed E-state index contributed by atoms with van der Waals surface area (Å²) in [7, 11) is 0. The van der Waals surface area contributed by atoms with Gasteiger partial charge in [0, 0.05) is 6.42 Å². The maximum atomic E-state index is 11.6. The molecule has 0 aliphatic carbocycles. The highest BCUT2D eigenvalue weighted by Gasteiger charge is 2.20. The molecule has 1 heterocycles. The normalized spacial score (nSPS) is 23.3. The first-order chi connectivity index (χ1) is 11.2. The minimum absolute atomic E-state index is 0.263. The average Bonchev–Trinajstić information content (AvgIpc) is 2.61. The van der Waals surface area contributed by atoms with E-state index in [2.05, 4.69) is 13.0 Å². The van der Waals surface area contributed by atoms with Crippen molar-refractivity contribution in [3.8, 4) is 0 Å². The van der Waals surface area contributed by atoms with Crippen molar-refractivity contribution < 1.29 is 14.6 Å². The molecular formula is C20H30O3. The van der Waals surface area contributed by atoms with Gasteiger partial charge in [0.05, 0.1) is 6.10 Å². The molecule has 0 aromatic rings. The summed E-state index contributed by atoms with van der Waals surface area (Å²) in [4.78, 5) is 11.6. The second-order valence-electron chi connectivity index (χ2n) is 5.81. The summed E-state index contributed by atoms with van der Waals surface area (Å²) in [5.41, 5.74) is 0. The Morgan fingerprint density at radius 1 is 1.17 bits per heavy atom. The molecule has 2 unspecified atom stereocenters. The van der Waals surface area contributed by atoms with E-state index in [1.807, 2.05) is 36.5 Å². The monoisotopic (exact) mass is 318 g/mol. The van der Waals surface area contributed by atoms with Crippen LogP contribution >= 0.6 is 0 Å². The molecule has 0 saturated carbocycles. The maximum Gasteiger partial charge on any atom is 0.306 e. The number of esters is 1.